The van der Waals surface area contributed by atoms with E-state index in [0.29, 0.717) is 25.1 Å². The lowest BCUT2D eigenvalue weighted by atomic mass is 10.2. The minimum Gasteiger partial charge on any atom is -0.383 e. The Bertz CT molecular complexity index is 1030. The Kier molecular flexibility index (Phi) is 4.75. The Balaban J connectivity index is 1.45. The van der Waals surface area contributed by atoms with E-state index >= 15 is 0 Å². The van der Waals surface area contributed by atoms with E-state index in [1.807, 2.05) is 0 Å². The molecule has 4 N–H and O–H groups in total. The van der Waals surface area contributed by atoms with Gasteiger partial charge in [-0.2, -0.15) is 5.10 Å². The molecule has 1 atom stereocenters. The maximum Gasteiger partial charge on any atom is 0.272 e. The summed E-state index contributed by atoms with van der Waals surface area (Å²) >= 11 is 0. The molecule has 1 aliphatic carbocycles. The maximum absolute atomic E-state index is 13.3. The molecule has 1 unspecified atom stereocenters. The molecule has 1 fully saturated rings. The Labute approximate surface area is 165 Å². The van der Waals surface area contributed by atoms with Gasteiger partial charge in [0.15, 0.2) is 0 Å². The molecule has 1 aliphatic heterocycles. The topological polar surface area (TPSA) is 122 Å². The van der Waals surface area contributed by atoms with Crippen LogP contribution in [0.15, 0.2) is 48.2 Å². The van der Waals surface area contributed by atoms with Crippen LogP contribution in [-0.4, -0.2) is 45.5 Å². The predicted octanol–water partition coefficient (Wildman–Crippen LogP) is -0.0936. The first-order valence-corrected chi connectivity index (χ1v) is 9.04. The Morgan fingerprint density at radius 2 is 2.17 bits per heavy atom. The van der Waals surface area contributed by atoms with Crippen LogP contribution in [0.25, 0.3) is 0 Å². The zero-order valence-electron chi connectivity index (χ0n) is 15.4. The molecule has 0 bridgehead atoms. The van der Waals surface area contributed by atoms with Crippen LogP contribution in [0.3, 0.4) is 0 Å². The number of hydrogen-bond acceptors (Lipinski definition) is 6. The van der Waals surface area contributed by atoms with E-state index in [1.54, 1.807) is 17.0 Å². The summed E-state index contributed by atoms with van der Waals surface area (Å²) in [7, 11) is 0. The van der Waals surface area contributed by atoms with Crippen LogP contribution in [0.4, 0.5) is 4.39 Å². The lowest BCUT2D eigenvalue weighted by Gasteiger charge is -2.31. The number of rotatable bonds is 6. The van der Waals surface area contributed by atoms with E-state index in [4.69, 9.17) is 5.73 Å². The van der Waals surface area contributed by atoms with E-state index in [9.17, 15) is 18.8 Å². The van der Waals surface area contributed by atoms with E-state index in [1.165, 1.54) is 29.2 Å². The third-order valence-electron chi connectivity index (χ3n) is 4.81. The molecule has 1 saturated carbocycles. The number of Topliss-reactive ketones (excluding diaryl/α,β-unsaturated/α-hetero) is 1. The fourth-order valence-electron chi connectivity index (χ4n) is 3.09. The molecule has 2 aliphatic rings. The SMILES string of the molecule is NC1=C(NC(=O)c2cnn(Cc3cccc(F)c3)c2)C(=O)NCN1CC1CC1=O. The molecule has 1 aromatic heterocycles. The average Bonchev–Trinajstić information content (AvgIpc) is 3.17. The molecule has 29 heavy (non-hydrogen) atoms. The molecular weight excluding hydrogens is 379 g/mol. The summed E-state index contributed by atoms with van der Waals surface area (Å²) in [4.78, 5) is 37.6. The summed E-state index contributed by atoms with van der Waals surface area (Å²) in [5, 5.41) is 9.25. The number of nitrogens with one attached hydrogen (secondary N) is 2. The first-order valence-electron chi connectivity index (χ1n) is 9.04. The molecule has 4 rings (SSSR count). The molecule has 150 valence electrons. The Morgan fingerprint density at radius 1 is 1.38 bits per heavy atom. The van der Waals surface area contributed by atoms with Crippen molar-refractivity contribution in [2.45, 2.75) is 13.0 Å². The number of hydrogen-bond donors (Lipinski definition) is 3. The molecule has 0 saturated heterocycles. The van der Waals surface area contributed by atoms with E-state index in [2.05, 4.69) is 15.7 Å². The summed E-state index contributed by atoms with van der Waals surface area (Å²) < 4.78 is 14.8. The second-order valence-electron chi connectivity index (χ2n) is 7.02. The number of halogens is 1. The number of nitrogens with zero attached hydrogens (tertiary/aromatic N) is 3. The van der Waals surface area contributed by atoms with Crippen molar-refractivity contribution in [1.82, 2.24) is 25.3 Å². The van der Waals surface area contributed by atoms with Crippen molar-refractivity contribution in [3.63, 3.8) is 0 Å². The molecule has 1 aromatic carbocycles. The van der Waals surface area contributed by atoms with Gasteiger partial charge in [-0.05, 0) is 17.7 Å². The van der Waals surface area contributed by atoms with Crippen LogP contribution in [-0.2, 0) is 16.1 Å². The summed E-state index contributed by atoms with van der Waals surface area (Å²) in [6.45, 7) is 0.870. The van der Waals surface area contributed by atoms with Crippen molar-refractivity contribution in [2.75, 3.05) is 13.2 Å². The number of amides is 2. The van der Waals surface area contributed by atoms with E-state index in [-0.39, 0.29) is 41.3 Å². The second-order valence-corrected chi connectivity index (χ2v) is 7.02. The first kappa shape index (κ1) is 18.7. The minimum absolute atomic E-state index is 0.0628. The molecule has 2 aromatic rings. The van der Waals surface area contributed by atoms with Crippen LogP contribution in [0.2, 0.25) is 0 Å². The highest BCUT2D eigenvalue weighted by molar-refractivity contribution is 6.03. The van der Waals surface area contributed by atoms with Gasteiger partial charge in [-0.15, -0.1) is 0 Å². The van der Waals surface area contributed by atoms with Gasteiger partial charge in [0.1, 0.15) is 23.1 Å². The van der Waals surface area contributed by atoms with Gasteiger partial charge in [-0.1, -0.05) is 12.1 Å². The third-order valence-corrected chi connectivity index (χ3v) is 4.81. The zero-order chi connectivity index (χ0) is 20.5. The highest BCUT2D eigenvalue weighted by Gasteiger charge is 2.38. The summed E-state index contributed by atoms with van der Waals surface area (Å²) in [5.74, 6) is -1.20. The van der Waals surface area contributed by atoms with Crippen LogP contribution < -0.4 is 16.4 Å². The van der Waals surface area contributed by atoms with Crippen molar-refractivity contribution >= 4 is 17.6 Å². The molecule has 2 amide bonds. The molecule has 0 spiro atoms. The van der Waals surface area contributed by atoms with E-state index in [0.717, 1.165) is 0 Å². The van der Waals surface area contributed by atoms with Gasteiger partial charge in [0.2, 0.25) is 0 Å². The van der Waals surface area contributed by atoms with Crippen molar-refractivity contribution in [1.29, 1.82) is 0 Å². The summed E-state index contributed by atoms with van der Waals surface area (Å²) in [6.07, 6.45) is 3.36. The quantitative estimate of drug-likeness (QED) is 0.625. The van der Waals surface area contributed by atoms with Gasteiger partial charge in [0, 0.05) is 25.1 Å². The first-order chi connectivity index (χ1) is 13.9. The number of carbonyl (C=O) groups is 3. The minimum atomic E-state index is -0.548. The lowest BCUT2D eigenvalue weighted by Crippen LogP contribution is -2.51. The number of aromatic nitrogens is 2. The highest BCUT2D eigenvalue weighted by Crippen LogP contribution is 2.26. The van der Waals surface area contributed by atoms with Crippen molar-refractivity contribution in [3.05, 3.63) is 65.1 Å². The van der Waals surface area contributed by atoms with Gasteiger partial charge in [-0.25, -0.2) is 4.39 Å². The molecule has 9 nitrogen and oxygen atoms in total. The van der Waals surface area contributed by atoms with Crippen LogP contribution in [0.1, 0.15) is 22.3 Å². The monoisotopic (exact) mass is 398 g/mol. The summed E-state index contributed by atoms with van der Waals surface area (Å²) in [5.41, 5.74) is 6.91. The number of carbonyl (C=O) groups excluding carboxylic acids is 3. The molecule has 10 heteroatoms. The highest BCUT2D eigenvalue weighted by atomic mass is 19.1. The fraction of sp³-hybridized carbons (Fsp3) is 0.263. The molecule has 0 radical (unpaired) electrons. The number of nitrogens with two attached hydrogens (primary N) is 1. The van der Waals surface area contributed by atoms with Gasteiger partial charge in [0.05, 0.1) is 25.0 Å². The molecular formula is C19H19FN6O3. The van der Waals surface area contributed by atoms with Gasteiger partial charge < -0.3 is 21.3 Å². The fourth-order valence-corrected chi connectivity index (χ4v) is 3.09. The third kappa shape index (κ3) is 4.10. The maximum atomic E-state index is 13.3. The number of ketones is 1. The largest absolute Gasteiger partial charge is 0.383 e. The van der Waals surface area contributed by atoms with Crippen molar-refractivity contribution in [3.8, 4) is 0 Å². The lowest BCUT2D eigenvalue weighted by molar-refractivity contribution is -0.119. The van der Waals surface area contributed by atoms with Crippen LogP contribution in [0.5, 0.6) is 0 Å². The smallest absolute Gasteiger partial charge is 0.272 e. The summed E-state index contributed by atoms with van der Waals surface area (Å²) in [6, 6.07) is 6.08. The van der Waals surface area contributed by atoms with Crippen LogP contribution >= 0.6 is 0 Å². The predicted molar refractivity (Wildman–Crippen MR) is 99.2 cm³/mol. The number of benzene rings is 1. The van der Waals surface area contributed by atoms with Gasteiger partial charge in [-0.3, -0.25) is 19.1 Å². The molecule has 2 heterocycles. The van der Waals surface area contributed by atoms with Crippen molar-refractivity contribution < 1.29 is 18.8 Å². The second kappa shape index (κ2) is 7.38. The van der Waals surface area contributed by atoms with Crippen LogP contribution in [0, 0.1) is 11.7 Å². The normalized spacial score (nSPS) is 18.7. The van der Waals surface area contributed by atoms with Crippen molar-refractivity contribution in [2.24, 2.45) is 11.7 Å². The standard InChI is InChI=1S/C19H19FN6O3/c20-14-3-1-2-11(4-14)7-26-9-13(6-23-26)18(28)24-16-17(21)25(10-22-19(16)29)8-12-5-15(12)27/h1-4,6,9,12H,5,7-8,10,21H2,(H,22,29)(H,24,28). The average molecular weight is 398 g/mol. The zero-order valence-corrected chi connectivity index (χ0v) is 15.4. The Morgan fingerprint density at radius 3 is 2.90 bits per heavy atom. The van der Waals surface area contributed by atoms with Gasteiger partial charge >= 0.3 is 0 Å². The Hall–Kier alpha value is -3.69. The van der Waals surface area contributed by atoms with E-state index < -0.39 is 11.8 Å². The van der Waals surface area contributed by atoms with Gasteiger partial charge in [0.25, 0.3) is 11.8 Å².